The lowest BCUT2D eigenvalue weighted by molar-refractivity contribution is 0.520. The van der Waals surface area contributed by atoms with Crippen molar-refractivity contribution < 1.29 is 0 Å². The minimum Gasteiger partial charge on any atom is -0.310 e. The molecule has 2 heteroatoms. The zero-order valence-corrected chi connectivity index (χ0v) is 36.3. The molecule has 2 nitrogen and oxygen atoms in total. The molecule has 0 heterocycles. The van der Waals surface area contributed by atoms with E-state index < -0.39 is 0 Å². The van der Waals surface area contributed by atoms with Crippen LogP contribution in [0.2, 0.25) is 0 Å². The third-order valence-corrected chi connectivity index (χ3v) is 13.3. The maximum absolute atomic E-state index is 4.05. The van der Waals surface area contributed by atoms with Crippen LogP contribution in [0.25, 0.3) is 44.8 Å². The average Bonchev–Trinajstić information content (AvgIpc) is 3.62. The van der Waals surface area contributed by atoms with E-state index in [9.17, 15) is 0 Å². The van der Waals surface area contributed by atoms with Gasteiger partial charge < -0.3 is 9.80 Å². The lowest BCUT2D eigenvalue weighted by Gasteiger charge is -2.34. The fourth-order valence-corrected chi connectivity index (χ4v) is 10.1. The van der Waals surface area contributed by atoms with Crippen molar-refractivity contribution in [1.29, 1.82) is 0 Å². The van der Waals surface area contributed by atoms with Crippen molar-refractivity contribution in [1.82, 2.24) is 0 Å². The zero-order chi connectivity index (χ0) is 43.7. The number of hydrogen-bond donors (Lipinski definition) is 0. The third kappa shape index (κ3) is 7.39. The highest BCUT2D eigenvalue weighted by Crippen LogP contribution is 2.55. The Kier molecular flexibility index (Phi) is 10.3. The molecule has 1 aliphatic rings. The first kappa shape index (κ1) is 39.6. The van der Waals surface area contributed by atoms with Gasteiger partial charge in [-0.3, -0.25) is 0 Å². The summed E-state index contributed by atoms with van der Waals surface area (Å²) in [5.74, 6) is 0. The Morgan fingerprint density at radius 1 is 0.323 bits per heavy atom. The predicted octanol–water partition coefficient (Wildman–Crippen LogP) is 17.0. The van der Waals surface area contributed by atoms with Crippen LogP contribution in [-0.2, 0) is 18.3 Å². The van der Waals surface area contributed by atoms with Crippen LogP contribution in [0.5, 0.6) is 0 Å². The molecule has 10 aromatic rings. The second-order valence-corrected chi connectivity index (χ2v) is 17.2. The summed E-state index contributed by atoms with van der Waals surface area (Å²) in [6, 6.07) is 84.7. The SMILES string of the molecule is C=Cc1ccc(CC2(Cc3ccc(C=C)cc3)c3ccc(N(c4ccccc4)c4ccc5ccccc5c4)cc3-c3cc(N(c4ccccc4)c4ccc5ccccc5c4)ccc32)cc1. The summed E-state index contributed by atoms with van der Waals surface area (Å²) in [4.78, 5) is 4.81. The van der Waals surface area contributed by atoms with Crippen LogP contribution < -0.4 is 9.80 Å². The van der Waals surface area contributed by atoms with E-state index in [0.29, 0.717) is 0 Å². The predicted molar refractivity (Wildman–Crippen MR) is 278 cm³/mol. The number of rotatable bonds is 12. The molecule has 0 N–H and O–H groups in total. The number of anilines is 6. The lowest BCUT2D eigenvalue weighted by atomic mass is 9.69. The smallest absolute Gasteiger partial charge is 0.0468 e. The lowest BCUT2D eigenvalue weighted by Crippen LogP contribution is -2.31. The number of para-hydroxylation sites is 2. The first-order valence-corrected chi connectivity index (χ1v) is 22.5. The van der Waals surface area contributed by atoms with Crippen molar-refractivity contribution in [2.24, 2.45) is 0 Å². The van der Waals surface area contributed by atoms with E-state index in [2.05, 4.69) is 253 Å². The highest BCUT2D eigenvalue weighted by atomic mass is 15.1. The Morgan fingerprint density at radius 2 is 0.677 bits per heavy atom. The van der Waals surface area contributed by atoms with Crippen molar-refractivity contribution >= 4 is 67.8 Å². The summed E-state index contributed by atoms with van der Waals surface area (Å²) < 4.78 is 0. The summed E-state index contributed by atoms with van der Waals surface area (Å²) in [6.07, 6.45) is 5.50. The van der Waals surface area contributed by atoms with Gasteiger partial charge in [-0.25, -0.2) is 0 Å². The monoisotopic (exact) mass is 832 g/mol. The van der Waals surface area contributed by atoms with Crippen LogP contribution in [0.15, 0.2) is 244 Å². The fourth-order valence-electron chi connectivity index (χ4n) is 10.1. The molecule has 0 aromatic heterocycles. The molecule has 0 radical (unpaired) electrons. The zero-order valence-electron chi connectivity index (χ0n) is 36.3. The molecule has 310 valence electrons. The van der Waals surface area contributed by atoms with Crippen LogP contribution in [0.3, 0.4) is 0 Å². The highest BCUT2D eigenvalue weighted by molar-refractivity contribution is 5.94. The molecule has 10 aromatic carbocycles. The van der Waals surface area contributed by atoms with E-state index >= 15 is 0 Å². The highest BCUT2D eigenvalue weighted by Gasteiger charge is 2.44. The van der Waals surface area contributed by atoms with Gasteiger partial charge in [-0.05, 0) is 152 Å². The van der Waals surface area contributed by atoms with Gasteiger partial charge in [0.2, 0.25) is 0 Å². The van der Waals surface area contributed by atoms with E-state index in [-0.39, 0.29) is 5.41 Å². The van der Waals surface area contributed by atoms with Gasteiger partial charge in [-0.1, -0.05) is 183 Å². The Hall–Kier alpha value is -8.20. The van der Waals surface area contributed by atoms with E-state index in [1.54, 1.807) is 0 Å². The van der Waals surface area contributed by atoms with Gasteiger partial charge in [0.25, 0.3) is 0 Å². The average molecular weight is 833 g/mol. The third-order valence-electron chi connectivity index (χ3n) is 13.3. The summed E-state index contributed by atoms with van der Waals surface area (Å²) in [7, 11) is 0. The van der Waals surface area contributed by atoms with Crippen LogP contribution in [-0.4, -0.2) is 0 Å². The van der Waals surface area contributed by atoms with Gasteiger partial charge in [0.1, 0.15) is 0 Å². The minimum atomic E-state index is -0.381. The number of nitrogens with zero attached hydrogens (tertiary/aromatic N) is 2. The summed E-state index contributed by atoms with van der Waals surface area (Å²) in [5.41, 5.74) is 16.3. The molecule has 1 aliphatic carbocycles. The van der Waals surface area contributed by atoms with Gasteiger partial charge in [-0.2, -0.15) is 0 Å². The summed E-state index contributed by atoms with van der Waals surface area (Å²) in [6.45, 7) is 8.11. The normalized spacial score (nSPS) is 12.4. The fraction of sp³-hybridized carbons (Fsp3) is 0.0476. The maximum Gasteiger partial charge on any atom is 0.0468 e. The van der Waals surface area contributed by atoms with E-state index in [1.807, 2.05) is 12.2 Å². The Balaban J connectivity index is 1.16. The van der Waals surface area contributed by atoms with Crippen LogP contribution >= 0.6 is 0 Å². The van der Waals surface area contributed by atoms with Crippen LogP contribution in [0.4, 0.5) is 34.1 Å². The number of hydrogen-bond acceptors (Lipinski definition) is 2. The summed E-state index contributed by atoms with van der Waals surface area (Å²) in [5, 5.41) is 4.86. The van der Waals surface area contributed by atoms with E-state index in [4.69, 9.17) is 0 Å². The summed E-state index contributed by atoms with van der Waals surface area (Å²) >= 11 is 0. The molecule has 65 heavy (non-hydrogen) atoms. The molecule has 0 unspecified atom stereocenters. The van der Waals surface area contributed by atoms with Crippen molar-refractivity contribution in [3.05, 3.63) is 277 Å². The molecule has 0 fully saturated rings. The van der Waals surface area contributed by atoms with Gasteiger partial charge in [0, 0.05) is 39.5 Å². The number of fused-ring (bicyclic) bond motifs is 5. The first-order valence-electron chi connectivity index (χ1n) is 22.5. The molecular formula is C63H48N2. The van der Waals surface area contributed by atoms with Gasteiger partial charge in [0.05, 0.1) is 0 Å². The molecule has 0 saturated heterocycles. The van der Waals surface area contributed by atoms with Gasteiger partial charge in [-0.15, -0.1) is 0 Å². The van der Waals surface area contributed by atoms with Gasteiger partial charge in [0.15, 0.2) is 0 Å². The molecule has 0 bridgehead atoms. The van der Waals surface area contributed by atoms with Crippen LogP contribution in [0.1, 0.15) is 33.4 Å². The van der Waals surface area contributed by atoms with Crippen molar-refractivity contribution in [3.63, 3.8) is 0 Å². The molecule has 0 saturated carbocycles. The molecule has 0 spiro atoms. The van der Waals surface area contributed by atoms with Crippen molar-refractivity contribution in [2.75, 3.05) is 9.80 Å². The molecule has 0 atom stereocenters. The largest absolute Gasteiger partial charge is 0.310 e. The van der Waals surface area contributed by atoms with E-state index in [1.165, 1.54) is 54.9 Å². The number of benzene rings is 10. The molecule has 11 rings (SSSR count). The van der Waals surface area contributed by atoms with Crippen molar-refractivity contribution in [2.45, 2.75) is 18.3 Å². The van der Waals surface area contributed by atoms with Gasteiger partial charge >= 0.3 is 0 Å². The molecule has 0 amide bonds. The maximum atomic E-state index is 4.05. The topological polar surface area (TPSA) is 6.48 Å². The Morgan fingerprint density at radius 3 is 1.08 bits per heavy atom. The standard InChI is InChI=1S/C63H48N2/c1-3-45-23-27-47(28-24-45)43-63(44-48-29-25-46(4-2)26-30-48)61-37-35-57(64(53-19-7-5-8-20-53)55-33-31-49-15-11-13-17-51(49)39-55)41-59(61)60-42-58(36-38-62(60)63)65(54-21-9-6-10-22-54)56-34-32-50-16-12-14-18-52(50)40-56/h3-42H,1-2,43-44H2. The molecular weight excluding hydrogens is 785 g/mol. The van der Waals surface area contributed by atoms with Crippen LogP contribution in [0, 0.1) is 0 Å². The second-order valence-electron chi connectivity index (χ2n) is 17.2. The van der Waals surface area contributed by atoms with Crippen molar-refractivity contribution in [3.8, 4) is 11.1 Å². The van der Waals surface area contributed by atoms with E-state index in [0.717, 1.165) is 58.1 Å². The Bertz CT molecular complexity index is 3120. The first-order chi connectivity index (χ1) is 32.1. The minimum absolute atomic E-state index is 0.381. The molecule has 0 aliphatic heterocycles. The Labute approximate surface area is 382 Å². The quantitative estimate of drug-likeness (QED) is 0.121. The second kappa shape index (κ2) is 16.8.